The van der Waals surface area contributed by atoms with Crippen molar-refractivity contribution < 1.29 is 0 Å². The standard InChI is InChI=1S/C12H10N4.ClH/c13-9-5-2-1-4-8(9)11-15-10-6-3-7-14-12(10)16-11;/h1-7H,13H2,(H,14,15,16);1H. The SMILES string of the molecule is Cl.Nc1ccccc1-c1nc2ncccc2[nH]1. The van der Waals surface area contributed by atoms with E-state index in [0.29, 0.717) is 11.3 Å². The number of para-hydroxylation sites is 1. The minimum Gasteiger partial charge on any atom is -0.398 e. The molecule has 3 N–H and O–H groups in total. The molecule has 5 heteroatoms. The number of pyridine rings is 1. The summed E-state index contributed by atoms with van der Waals surface area (Å²) in [6.07, 6.45) is 1.72. The summed E-state index contributed by atoms with van der Waals surface area (Å²) in [5.74, 6) is 0.756. The van der Waals surface area contributed by atoms with Gasteiger partial charge in [-0.15, -0.1) is 12.4 Å². The van der Waals surface area contributed by atoms with Gasteiger partial charge in [0.2, 0.25) is 0 Å². The maximum absolute atomic E-state index is 5.89. The number of halogens is 1. The third-order valence-electron chi connectivity index (χ3n) is 2.47. The van der Waals surface area contributed by atoms with Crippen LogP contribution in [0.2, 0.25) is 0 Å². The zero-order valence-corrected chi connectivity index (χ0v) is 9.74. The zero-order valence-electron chi connectivity index (χ0n) is 8.92. The molecule has 0 aliphatic carbocycles. The summed E-state index contributed by atoms with van der Waals surface area (Å²) in [5, 5.41) is 0. The van der Waals surface area contributed by atoms with E-state index in [2.05, 4.69) is 15.0 Å². The molecule has 0 aliphatic rings. The van der Waals surface area contributed by atoms with Crippen LogP contribution in [-0.2, 0) is 0 Å². The number of anilines is 1. The molecular formula is C12H11ClN4. The Morgan fingerprint density at radius 2 is 1.88 bits per heavy atom. The fourth-order valence-electron chi connectivity index (χ4n) is 1.69. The van der Waals surface area contributed by atoms with E-state index >= 15 is 0 Å². The van der Waals surface area contributed by atoms with Gasteiger partial charge in [-0.05, 0) is 24.3 Å². The Morgan fingerprint density at radius 3 is 2.65 bits per heavy atom. The molecule has 0 bridgehead atoms. The molecule has 0 unspecified atom stereocenters. The first-order chi connectivity index (χ1) is 7.84. The zero-order chi connectivity index (χ0) is 11.0. The molecule has 2 aromatic heterocycles. The van der Waals surface area contributed by atoms with E-state index < -0.39 is 0 Å². The molecule has 0 spiro atoms. The molecule has 3 rings (SSSR count). The van der Waals surface area contributed by atoms with Gasteiger partial charge in [0.1, 0.15) is 5.82 Å². The smallest absolute Gasteiger partial charge is 0.178 e. The van der Waals surface area contributed by atoms with Crippen LogP contribution in [0.3, 0.4) is 0 Å². The molecule has 0 amide bonds. The molecule has 3 aromatic rings. The number of benzene rings is 1. The van der Waals surface area contributed by atoms with Crippen LogP contribution in [0.4, 0.5) is 5.69 Å². The number of fused-ring (bicyclic) bond motifs is 1. The normalized spacial score (nSPS) is 10.1. The topological polar surface area (TPSA) is 67.6 Å². The summed E-state index contributed by atoms with van der Waals surface area (Å²) in [6, 6.07) is 11.5. The van der Waals surface area contributed by atoms with Crippen LogP contribution >= 0.6 is 12.4 Å². The molecule has 86 valence electrons. The van der Waals surface area contributed by atoms with Crippen molar-refractivity contribution in [3.63, 3.8) is 0 Å². The summed E-state index contributed by atoms with van der Waals surface area (Å²) >= 11 is 0. The summed E-state index contributed by atoms with van der Waals surface area (Å²) in [4.78, 5) is 11.8. The molecule has 1 aromatic carbocycles. The quantitative estimate of drug-likeness (QED) is 0.649. The lowest BCUT2D eigenvalue weighted by Gasteiger charge is -1.99. The Bertz CT molecular complexity index is 615. The number of aromatic nitrogens is 3. The highest BCUT2D eigenvalue weighted by atomic mass is 35.5. The number of imidazole rings is 1. The van der Waals surface area contributed by atoms with Crippen molar-refractivity contribution in [2.24, 2.45) is 0 Å². The van der Waals surface area contributed by atoms with Crippen LogP contribution in [-0.4, -0.2) is 15.0 Å². The van der Waals surface area contributed by atoms with Gasteiger partial charge in [-0.25, -0.2) is 9.97 Å². The molecular weight excluding hydrogens is 236 g/mol. The van der Waals surface area contributed by atoms with Gasteiger partial charge < -0.3 is 10.7 Å². The van der Waals surface area contributed by atoms with Gasteiger partial charge in [-0.1, -0.05) is 12.1 Å². The third kappa shape index (κ3) is 1.94. The van der Waals surface area contributed by atoms with Gasteiger partial charge in [0.25, 0.3) is 0 Å². The Morgan fingerprint density at radius 1 is 1.06 bits per heavy atom. The number of nitrogen functional groups attached to an aromatic ring is 1. The highest BCUT2D eigenvalue weighted by molar-refractivity contribution is 5.85. The Balaban J connectivity index is 0.00000108. The average Bonchev–Trinajstić information content (AvgIpc) is 2.73. The lowest BCUT2D eigenvalue weighted by Crippen LogP contribution is -1.90. The van der Waals surface area contributed by atoms with Crippen LogP contribution in [0.15, 0.2) is 42.6 Å². The van der Waals surface area contributed by atoms with E-state index in [9.17, 15) is 0 Å². The van der Waals surface area contributed by atoms with E-state index in [4.69, 9.17) is 5.73 Å². The first-order valence-corrected chi connectivity index (χ1v) is 5.00. The van der Waals surface area contributed by atoms with Crippen molar-refractivity contribution in [2.45, 2.75) is 0 Å². The van der Waals surface area contributed by atoms with Crippen LogP contribution < -0.4 is 5.73 Å². The number of aromatic amines is 1. The highest BCUT2D eigenvalue weighted by Gasteiger charge is 2.07. The number of rotatable bonds is 1. The molecule has 0 radical (unpaired) electrons. The van der Waals surface area contributed by atoms with Gasteiger partial charge in [-0.3, -0.25) is 0 Å². The van der Waals surface area contributed by atoms with Crippen molar-refractivity contribution in [3.05, 3.63) is 42.6 Å². The molecule has 4 nitrogen and oxygen atoms in total. The fourth-order valence-corrected chi connectivity index (χ4v) is 1.69. The Labute approximate surface area is 104 Å². The Kier molecular flexibility index (Phi) is 2.97. The summed E-state index contributed by atoms with van der Waals surface area (Å²) in [5.41, 5.74) is 9.13. The van der Waals surface area contributed by atoms with Crippen molar-refractivity contribution >= 4 is 29.3 Å². The predicted molar refractivity (Wildman–Crippen MR) is 71.0 cm³/mol. The van der Waals surface area contributed by atoms with Crippen LogP contribution in [0, 0.1) is 0 Å². The van der Waals surface area contributed by atoms with Gasteiger partial charge in [0.15, 0.2) is 5.65 Å². The van der Waals surface area contributed by atoms with E-state index in [1.807, 2.05) is 36.4 Å². The monoisotopic (exact) mass is 246 g/mol. The Hall–Kier alpha value is -2.07. The van der Waals surface area contributed by atoms with E-state index in [1.165, 1.54) is 0 Å². The molecule has 0 aliphatic heterocycles. The van der Waals surface area contributed by atoms with Gasteiger partial charge in [0.05, 0.1) is 5.52 Å². The number of nitrogens with two attached hydrogens (primary N) is 1. The average molecular weight is 247 g/mol. The lowest BCUT2D eigenvalue weighted by molar-refractivity contribution is 1.30. The minimum absolute atomic E-state index is 0. The van der Waals surface area contributed by atoms with Crippen molar-refractivity contribution in [3.8, 4) is 11.4 Å². The molecule has 0 saturated carbocycles. The predicted octanol–water partition coefficient (Wildman–Crippen LogP) is 2.63. The number of H-pyrrole nitrogens is 1. The molecule has 0 atom stereocenters. The van der Waals surface area contributed by atoms with Crippen molar-refractivity contribution in [1.82, 2.24) is 15.0 Å². The fraction of sp³-hybridized carbons (Fsp3) is 0. The molecule has 2 heterocycles. The first-order valence-electron chi connectivity index (χ1n) is 5.00. The summed E-state index contributed by atoms with van der Waals surface area (Å²) in [7, 11) is 0. The number of nitrogens with zero attached hydrogens (tertiary/aromatic N) is 2. The number of hydrogen-bond donors (Lipinski definition) is 2. The largest absolute Gasteiger partial charge is 0.398 e. The highest BCUT2D eigenvalue weighted by Crippen LogP contribution is 2.24. The lowest BCUT2D eigenvalue weighted by atomic mass is 10.2. The van der Waals surface area contributed by atoms with Gasteiger partial charge >= 0.3 is 0 Å². The minimum atomic E-state index is 0. The van der Waals surface area contributed by atoms with Gasteiger partial charge in [-0.2, -0.15) is 0 Å². The molecule has 0 fully saturated rings. The van der Waals surface area contributed by atoms with Crippen molar-refractivity contribution in [2.75, 3.05) is 5.73 Å². The van der Waals surface area contributed by atoms with E-state index in [0.717, 1.165) is 16.9 Å². The van der Waals surface area contributed by atoms with Crippen LogP contribution in [0.1, 0.15) is 0 Å². The second-order valence-corrected chi connectivity index (χ2v) is 3.55. The summed E-state index contributed by atoms with van der Waals surface area (Å²) in [6.45, 7) is 0. The molecule has 0 saturated heterocycles. The van der Waals surface area contributed by atoms with Crippen LogP contribution in [0.5, 0.6) is 0 Å². The first kappa shape index (κ1) is 11.4. The number of hydrogen-bond acceptors (Lipinski definition) is 3. The second-order valence-electron chi connectivity index (χ2n) is 3.55. The van der Waals surface area contributed by atoms with E-state index in [-0.39, 0.29) is 12.4 Å². The van der Waals surface area contributed by atoms with Crippen molar-refractivity contribution in [1.29, 1.82) is 0 Å². The van der Waals surface area contributed by atoms with E-state index in [1.54, 1.807) is 6.20 Å². The molecule has 17 heavy (non-hydrogen) atoms. The maximum Gasteiger partial charge on any atom is 0.178 e. The number of nitrogens with one attached hydrogen (secondary N) is 1. The van der Waals surface area contributed by atoms with Gasteiger partial charge in [0, 0.05) is 17.4 Å². The maximum atomic E-state index is 5.89. The second kappa shape index (κ2) is 4.43. The van der Waals surface area contributed by atoms with Crippen LogP contribution in [0.25, 0.3) is 22.6 Å². The summed E-state index contributed by atoms with van der Waals surface area (Å²) < 4.78 is 0. The third-order valence-corrected chi connectivity index (χ3v) is 2.47.